The second-order valence-electron chi connectivity index (χ2n) is 5.52. The summed E-state index contributed by atoms with van der Waals surface area (Å²) >= 11 is 0. The predicted octanol–water partition coefficient (Wildman–Crippen LogP) is 5.24. The molecule has 0 nitrogen and oxygen atoms in total. The maximum atomic E-state index is 2.31. The standard InChI is InChI=1S/C19H24/c1-4-5-6-17-9-11-18(12-10-17)14-19-8-7-15(2)16(3)13-19/h7-13H,4-6,14H2,1-3H3. The van der Waals surface area contributed by atoms with Gasteiger partial charge in [-0.2, -0.15) is 0 Å². The van der Waals surface area contributed by atoms with Crippen molar-refractivity contribution in [2.45, 2.75) is 46.5 Å². The van der Waals surface area contributed by atoms with Gasteiger partial charge in [-0.25, -0.2) is 0 Å². The Labute approximate surface area is 117 Å². The average Bonchev–Trinajstić information content (AvgIpc) is 2.42. The molecule has 0 spiro atoms. The number of rotatable bonds is 5. The zero-order valence-electron chi connectivity index (χ0n) is 12.4. The van der Waals surface area contributed by atoms with E-state index in [4.69, 9.17) is 0 Å². The second-order valence-corrected chi connectivity index (χ2v) is 5.52. The van der Waals surface area contributed by atoms with Crippen molar-refractivity contribution in [2.75, 3.05) is 0 Å². The lowest BCUT2D eigenvalue weighted by atomic mass is 9.99. The van der Waals surface area contributed by atoms with E-state index in [1.54, 1.807) is 0 Å². The van der Waals surface area contributed by atoms with Gasteiger partial charge in [0.2, 0.25) is 0 Å². The summed E-state index contributed by atoms with van der Waals surface area (Å²) in [5.41, 5.74) is 7.04. The predicted molar refractivity (Wildman–Crippen MR) is 83.8 cm³/mol. The SMILES string of the molecule is CCCCc1ccc(Cc2ccc(C)c(C)c2)cc1. The zero-order chi connectivity index (χ0) is 13.7. The van der Waals surface area contributed by atoms with Crippen molar-refractivity contribution in [2.24, 2.45) is 0 Å². The molecule has 19 heavy (non-hydrogen) atoms. The van der Waals surface area contributed by atoms with Crippen LogP contribution in [-0.4, -0.2) is 0 Å². The van der Waals surface area contributed by atoms with Crippen molar-refractivity contribution < 1.29 is 0 Å². The third kappa shape index (κ3) is 3.96. The van der Waals surface area contributed by atoms with Crippen molar-refractivity contribution in [3.8, 4) is 0 Å². The van der Waals surface area contributed by atoms with Crippen LogP contribution in [0.5, 0.6) is 0 Å². The maximum absolute atomic E-state index is 2.31. The van der Waals surface area contributed by atoms with Gasteiger partial charge < -0.3 is 0 Å². The Morgan fingerprint density at radius 1 is 0.737 bits per heavy atom. The van der Waals surface area contributed by atoms with Gasteiger partial charge in [0.05, 0.1) is 0 Å². The highest BCUT2D eigenvalue weighted by Crippen LogP contribution is 2.15. The molecule has 100 valence electrons. The number of aryl methyl sites for hydroxylation is 3. The molecule has 2 aromatic rings. The molecule has 0 radical (unpaired) electrons. The smallest absolute Gasteiger partial charge is 0.00257 e. The van der Waals surface area contributed by atoms with Crippen LogP contribution in [0.3, 0.4) is 0 Å². The molecule has 2 rings (SSSR count). The minimum absolute atomic E-state index is 1.04. The van der Waals surface area contributed by atoms with Crippen LogP contribution in [0.2, 0.25) is 0 Å². The molecular formula is C19H24. The second kappa shape index (κ2) is 6.56. The molecule has 0 aliphatic heterocycles. The maximum Gasteiger partial charge on any atom is -0.00257 e. The van der Waals surface area contributed by atoms with Crippen LogP contribution in [0.25, 0.3) is 0 Å². The van der Waals surface area contributed by atoms with Gasteiger partial charge in [-0.3, -0.25) is 0 Å². The highest BCUT2D eigenvalue weighted by atomic mass is 14.0. The van der Waals surface area contributed by atoms with Crippen LogP contribution in [-0.2, 0) is 12.8 Å². The highest BCUT2D eigenvalue weighted by Gasteiger charge is 1.99. The number of hydrogen-bond donors (Lipinski definition) is 0. The summed E-state index contributed by atoms with van der Waals surface area (Å²) in [6.45, 7) is 6.60. The molecule has 0 aliphatic rings. The van der Waals surface area contributed by atoms with Gasteiger partial charge in [-0.1, -0.05) is 55.8 Å². The zero-order valence-corrected chi connectivity index (χ0v) is 12.4. The van der Waals surface area contributed by atoms with E-state index >= 15 is 0 Å². The average molecular weight is 252 g/mol. The lowest BCUT2D eigenvalue weighted by molar-refractivity contribution is 0.795. The number of unbranched alkanes of at least 4 members (excludes halogenated alkanes) is 1. The largest absolute Gasteiger partial charge is 0.0654 e. The normalized spacial score (nSPS) is 10.7. The Bertz CT molecular complexity index is 520. The molecule has 2 aromatic carbocycles. The molecular weight excluding hydrogens is 228 g/mol. The highest BCUT2D eigenvalue weighted by molar-refractivity contribution is 5.34. The Balaban J connectivity index is 2.04. The van der Waals surface area contributed by atoms with Crippen LogP contribution in [0.1, 0.15) is 47.6 Å². The molecule has 0 heteroatoms. The summed E-state index contributed by atoms with van der Waals surface area (Å²) in [4.78, 5) is 0. The molecule has 0 N–H and O–H groups in total. The van der Waals surface area contributed by atoms with E-state index in [1.807, 2.05) is 0 Å². The van der Waals surface area contributed by atoms with Crippen molar-refractivity contribution in [3.63, 3.8) is 0 Å². The Morgan fingerprint density at radius 3 is 2.00 bits per heavy atom. The summed E-state index contributed by atoms with van der Waals surface area (Å²) in [6.07, 6.45) is 4.80. The molecule has 0 heterocycles. The molecule has 0 unspecified atom stereocenters. The summed E-state index contributed by atoms with van der Waals surface area (Å²) in [5.74, 6) is 0. The third-order valence-corrected chi connectivity index (χ3v) is 3.82. The summed E-state index contributed by atoms with van der Waals surface area (Å²) < 4.78 is 0. The Kier molecular flexibility index (Phi) is 4.79. The first kappa shape index (κ1) is 13.9. The van der Waals surface area contributed by atoms with Crippen LogP contribution >= 0.6 is 0 Å². The first-order valence-corrected chi connectivity index (χ1v) is 7.33. The van der Waals surface area contributed by atoms with E-state index < -0.39 is 0 Å². The van der Waals surface area contributed by atoms with Gasteiger partial charge in [0.25, 0.3) is 0 Å². The third-order valence-electron chi connectivity index (χ3n) is 3.82. The van der Waals surface area contributed by atoms with E-state index in [1.165, 1.54) is 47.1 Å². The van der Waals surface area contributed by atoms with Gasteiger partial charge in [-0.05, 0) is 60.9 Å². The van der Waals surface area contributed by atoms with E-state index in [2.05, 4.69) is 63.2 Å². The van der Waals surface area contributed by atoms with E-state index in [0.717, 1.165) is 6.42 Å². The Hall–Kier alpha value is -1.56. The molecule has 0 saturated carbocycles. The van der Waals surface area contributed by atoms with E-state index in [9.17, 15) is 0 Å². The minimum Gasteiger partial charge on any atom is -0.0654 e. The first-order valence-electron chi connectivity index (χ1n) is 7.33. The quantitative estimate of drug-likeness (QED) is 0.683. The summed E-state index contributed by atoms with van der Waals surface area (Å²) in [5, 5.41) is 0. The lowest BCUT2D eigenvalue weighted by Gasteiger charge is -2.07. The van der Waals surface area contributed by atoms with Crippen molar-refractivity contribution >= 4 is 0 Å². The first-order chi connectivity index (χ1) is 9.19. The van der Waals surface area contributed by atoms with Gasteiger partial charge in [0.15, 0.2) is 0 Å². The van der Waals surface area contributed by atoms with Gasteiger partial charge >= 0.3 is 0 Å². The lowest BCUT2D eigenvalue weighted by Crippen LogP contribution is -1.92. The number of benzene rings is 2. The van der Waals surface area contributed by atoms with Gasteiger partial charge in [-0.15, -0.1) is 0 Å². The van der Waals surface area contributed by atoms with Crippen molar-refractivity contribution in [3.05, 3.63) is 70.3 Å². The monoisotopic (exact) mass is 252 g/mol. The van der Waals surface area contributed by atoms with Crippen molar-refractivity contribution in [1.29, 1.82) is 0 Å². The van der Waals surface area contributed by atoms with Crippen LogP contribution < -0.4 is 0 Å². The molecule has 0 atom stereocenters. The molecule has 0 aromatic heterocycles. The molecule has 0 bridgehead atoms. The molecule has 0 aliphatic carbocycles. The van der Waals surface area contributed by atoms with Crippen molar-refractivity contribution in [1.82, 2.24) is 0 Å². The number of hydrogen-bond acceptors (Lipinski definition) is 0. The fourth-order valence-corrected chi connectivity index (χ4v) is 2.35. The van der Waals surface area contributed by atoms with E-state index in [0.29, 0.717) is 0 Å². The van der Waals surface area contributed by atoms with E-state index in [-0.39, 0.29) is 0 Å². The molecule has 0 fully saturated rings. The van der Waals surface area contributed by atoms with Crippen LogP contribution in [0.15, 0.2) is 42.5 Å². The molecule has 0 saturated heterocycles. The van der Waals surface area contributed by atoms with Crippen LogP contribution in [0, 0.1) is 13.8 Å². The van der Waals surface area contributed by atoms with Gasteiger partial charge in [0, 0.05) is 0 Å². The van der Waals surface area contributed by atoms with Gasteiger partial charge in [0.1, 0.15) is 0 Å². The topological polar surface area (TPSA) is 0 Å². The fraction of sp³-hybridized carbons (Fsp3) is 0.368. The molecule has 0 amide bonds. The fourth-order valence-electron chi connectivity index (χ4n) is 2.35. The van der Waals surface area contributed by atoms with Crippen LogP contribution in [0.4, 0.5) is 0 Å². The summed E-state index contributed by atoms with van der Waals surface area (Å²) in [6, 6.07) is 15.9. The minimum atomic E-state index is 1.04. The Morgan fingerprint density at radius 2 is 1.37 bits per heavy atom. The summed E-state index contributed by atoms with van der Waals surface area (Å²) in [7, 11) is 0.